The van der Waals surface area contributed by atoms with Gasteiger partial charge in [-0.2, -0.15) is 0 Å². The van der Waals surface area contributed by atoms with E-state index in [4.69, 9.17) is 10.8 Å². The summed E-state index contributed by atoms with van der Waals surface area (Å²) in [5, 5.41) is 11.7. The lowest BCUT2D eigenvalue weighted by Gasteiger charge is -2.08. The highest BCUT2D eigenvalue weighted by Gasteiger charge is 2.03. The second-order valence-corrected chi connectivity index (χ2v) is 2.76. The molecule has 0 aromatic carbocycles. The number of carbonyl (C=O) groups excluding carboxylic acids is 1. The summed E-state index contributed by atoms with van der Waals surface area (Å²) in [6, 6.07) is 0. The van der Waals surface area contributed by atoms with E-state index >= 15 is 0 Å². The maximum atomic E-state index is 10.9. The number of rotatable bonds is 6. The van der Waals surface area contributed by atoms with Crippen LogP contribution in [-0.4, -0.2) is 30.2 Å². The molecule has 0 saturated carbocycles. The Kier molecular flexibility index (Phi) is 6.70. The molecule has 0 aliphatic heterocycles. The van der Waals surface area contributed by atoms with Crippen molar-refractivity contribution in [3.8, 4) is 0 Å². The molecule has 0 heterocycles. The molecule has 0 aromatic rings. The number of amides is 1. The Labute approximate surface area is 73.1 Å². The molecular formula is C8H18N2O2. The molecule has 4 heteroatoms. The van der Waals surface area contributed by atoms with Crippen molar-refractivity contribution in [2.75, 3.05) is 13.1 Å². The summed E-state index contributed by atoms with van der Waals surface area (Å²) in [4.78, 5) is 10.9. The third-order valence-electron chi connectivity index (χ3n) is 1.61. The molecule has 4 N–H and O–H groups in total. The summed E-state index contributed by atoms with van der Waals surface area (Å²) >= 11 is 0. The zero-order chi connectivity index (χ0) is 9.40. The van der Waals surface area contributed by atoms with Crippen LogP contribution in [0, 0.1) is 0 Å². The van der Waals surface area contributed by atoms with Crippen molar-refractivity contribution in [1.82, 2.24) is 5.32 Å². The monoisotopic (exact) mass is 174 g/mol. The minimum absolute atomic E-state index is 0.0343. The minimum atomic E-state index is -0.424. The third kappa shape index (κ3) is 6.12. The first-order chi connectivity index (χ1) is 5.70. The van der Waals surface area contributed by atoms with Crippen molar-refractivity contribution in [2.24, 2.45) is 5.73 Å². The number of hydrogen-bond donors (Lipinski definition) is 3. The van der Waals surface area contributed by atoms with Gasteiger partial charge in [-0.25, -0.2) is 0 Å². The number of carbonyl (C=O) groups is 1. The van der Waals surface area contributed by atoms with E-state index in [1.807, 2.05) is 6.92 Å². The Hall–Kier alpha value is -0.610. The zero-order valence-electron chi connectivity index (χ0n) is 7.55. The second kappa shape index (κ2) is 7.06. The molecule has 12 heavy (non-hydrogen) atoms. The van der Waals surface area contributed by atoms with Crippen molar-refractivity contribution < 1.29 is 9.90 Å². The fourth-order valence-corrected chi connectivity index (χ4v) is 0.727. The predicted octanol–water partition coefficient (Wildman–Crippen LogP) is -0.388. The van der Waals surface area contributed by atoms with E-state index < -0.39 is 6.10 Å². The van der Waals surface area contributed by atoms with Crippen molar-refractivity contribution in [1.29, 1.82) is 0 Å². The molecule has 0 saturated heterocycles. The van der Waals surface area contributed by atoms with E-state index in [1.165, 1.54) is 0 Å². The molecule has 0 aliphatic carbocycles. The Morgan fingerprint density at radius 3 is 2.83 bits per heavy atom. The molecule has 0 spiro atoms. The smallest absolute Gasteiger partial charge is 0.220 e. The van der Waals surface area contributed by atoms with Crippen molar-refractivity contribution in [3.63, 3.8) is 0 Å². The maximum absolute atomic E-state index is 10.9. The first-order valence-electron chi connectivity index (χ1n) is 4.35. The average Bonchev–Trinajstić information content (AvgIpc) is 2.10. The molecule has 1 atom stereocenters. The third-order valence-corrected chi connectivity index (χ3v) is 1.61. The molecule has 4 nitrogen and oxygen atoms in total. The Morgan fingerprint density at radius 2 is 2.33 bits per heavy atom. The van der Waals surface area contributed by atoms with Crippen LogP contribution in [0.15, 0.2) is 0 Å². The summed E-state index contributed by atoms with van der Waals surface area (Å²) in [6.45, 7) is 2.75. The number of hydrogen-bond acceptors (Lipinski definition) is 3. The fourth-order valence-electron chi connectivity index (χ4n) is 0.727. The molecule has 0 aliphatic rings. The topological polar surface area (TPSA) is 75.3 Å². The molecule has 0 rings (SSSR count). The first-order valence-corrected chi connectivity index (χ1v) is 4.35. The van der Waals surface area contributed by atoms with Gasteiger partial charge in [0, 0.05) is 13.0 Å². The van der Waals surface area contributed by atoms with Gasteiger partial charge in [-0.15, -0.1) is 0 Å². The van der Waals surface area contributed by atoms with Gasteiger partial charge >= 0.3 is 0 Å². The maximum Gasteiger partial charge on any atom is 0.220 e. The molecule has 0 bridgehead atoms. The first kappa shape index (κ1) is 11.4. The van der Waals surface area contributed by atoms with Gasteiger partial charge in [0.2, 0.25) is 5.91 Å². The predicted molar refractivity (Wildman–Crippen MR) is 47.6 cm³/mol. The normalized spacial score (nSPS) is 12.6. The van der Waals surface area contributed by atoms with E-state index in [9.17, 15) is 4.79 Å². The average molecular weight is 174 g/mol. The lowest BCUT2D eigenvalue weighted by atomic mass is 10.2. The van der Waals surface area contributed by atoms with Crippen LogP contribution in [0.25, 0.3) is 0 Å². The molecule has 1 amide bonds. The van der Waals surface area contributed by atoms with Crippen molar-refractivity contribution in [3.05, 3.63) is 0 Å². The highest BCUT2D eigenvalue weighted by Crippen LogP contribution is 1.89. The van der Waals surface area contributed by atoms with Crippen molar-refractivity contribution in [2.45, 2.75) is 32.3 Å². The lowest BCUT2D eigenvalue weighted by molar-refractivity contribution is -0.121. The van der Waals surface area contributed by atoms with E-state index in [-0.39, 0.29) is 5.91 Å². The summed E-state index contributed by atoms with van der Waals surface area (Å²) in [5.74, 6) is -0.0343. The standard InChI is InChI=1S/C8H18N2O2/c1-2-7(11)6-10-8(12)4-3-5-9/h7,11H,2-6,9H2,1H3,(H,10,12). The van der Waals surface area contributed by atoms with E-state index in [2.05, 4.69) is 5.32 Å². The van der Waals surface area contributed by atoms with Crippen LogP contribution < -0.4 is 11.1 Å². The molecule has 0 radical (unpaired) electrons. The van der Waals surface area contributed by atoms with Crippen molar-refractivity contribution >= 4 is 5.91 Å². The molecule has 0 fully saturated rings. The highest BCUT2D eigenvalue weighted by atomic mass is 16.3. The molecular weight excluding hydrogens is 156 g/mol. The second-order valence-electron chi connectivity index (χ2n) is 2.76. The summed E-state index contributed by atoms with van der Waals surface area (Å²) < 4.78 is 0. The van der Waals surface area contributed by atoms with Gasteiger partial charge in [-0.3, -0.25) is 4.79 Å². The van der Waals surface area contributed by atoms with Gasteiger partial charge in [0.25, 0.3) is 0 Å². The quantitative estimate of drug-likeness (QED) is 0.513. The largest absolute Gasteiger partial charge is 0.391 e. The van der Waals surface area contributed by atoms with Gasteiger partial charge in [0.1, 0.15) is 0 Å². The number of aliphatic hydroxyl groups excluding tert-OH is 1. The van der Waals surface area contributed by atoms with Crippen LogP contribution in [0.4, 0.5) is 0 Å². The van der Waals surface area contributed by atoms with Gasteiger partial charge in [0.15, 0.2) is 0 Å². The van der Waals surface area contributed by atoms with E-state index in [0.717, 1.165) is 0 Å². The van der Waals surface area contributed by atoms with Gasteiger partial charge in [-0.1, -0.05) is 6.92 Å². The van der Waals surface area contributed by atoms with Crippen LogP contribution in [0.1, 0.15) is 26.2 Å². The fraction of sp³-hybridized carbons (Fsp3) is 0.875. The van der Waals surface area contributed by atoms with E-state index in [0.29, 0.717) is 32.4 Å². The van der Waals surface area contributed by atoms with Crippen LogP contribution >= 0.6 is 0 Å². The number of nitrogens with one attached hydrogen (secondary N) is 1. The van der Waals surface area contributed by atoms with Gasteiger partial charge in [-0.05, 0) is 19.4 Å². The number of nitrogens with two attached hydrogens (primary N) is 1. The Bertz CT molecular complexity index is 128. The van der Waals surface area contributed by atoms with E-state index in [1.54, 1.807) is 0 Å². The van der Waals surface area contributed by atoms with Crippen LogP contribution in [0.3, 0.4) is 0 Å². The summed E-state index contributed by atoms with van der Waals surface area (Å²) in [6.07, 6.45) is 1.39. The Balaban J connectivity index is 3.31. The van der Waals surface area contributed by atoms with Crippen LogP contribution in [0.2, 0.25) is 0 Å². The SMILES string of the molecule is CCC(O)CNC(=O)CCCN. The molecule has 1 unspecified atom stereocenters. The van der Waals surface area contributed by atoms with Gasteiger partial charge < -0.3 is 16.2 Å². The van der Waals surface area contributed by atoms with Gasteiger partial charge in [0.05, 0.1) is 6.10 Å². The zero-order valence-corrected chi connectivity index (χ0v) is 7.55. The van der Waals surface area contributed by atoms with Crippen LogP contribution in [0.5, 0.6) is 0 Å². The highest BCUT2D eigenvalue weighted by molar-refractivity contribution is 5.75. The van der Waals surface area contributed by atoms with Crippen LogP contribution in [-0.2, 0) is 4.79 Å². The molecule has 72 valence electrons. The minimum Gasteiger partial charge on any atom is -0.391 e. The summed E-state index contributed by atoms with van der Waals surface area (Å²) in [5.41, 5.74) is 5.23. The summed E-state index contributed by atoms with van der Waals surface area (Å²) in [7, 11) is 0. The molecule has 0 aromatic heterocycles. The Morgan fingerprint density at radius 1 is 1.67 bits per heavy atom. The lowest BCUT2D eigenvalue weighted by Crippen LogP contribution is -2.31. The number of aliphatic hydroxyl groups is 1.